The molecule has 0 aromatic carbocycles. The van der Waals surface area contributed by atoms with E-state index in [1.807, 2.05) is 25.1 Å². The van der Waals surface area contributed by atoms with E-state index in [1.54, 1.807) is 0 Å². The number of aliphatic hydroxyl groups is 2. The number of nitrogens with zero attached hydrogens (tertiary/aromatic N) is 1. The topological polar surface area (TPSA) is 74.6 Å². The van der Waals surface area contributed by atoms with Crippen LogP contribution in [0.2, 0.25) is 0 Å². The summed E-state index contributed by atoms with van der Waals surface area (Å²) < 4.78 is 5.83. The third-order valence-corrected chi connectivity index (χ3v) is 4.00. The molecule has 5 nitrogen and oxygen atoms in total. The summed E-state index contributed by atoms with van der Waals surface area (Å²) in [5.41, 5.74) is 0.655. The first-order chi connectivity index (χ1) is 9.90. The molecule has 1 aromatic rings. The number of pyridine rings is 1. The van der Waals surface area contributed by atoms with Gasteiger partial charge in [0.15, 0.2) is 0 Å². The Morgan fingerprint density at radius 2 is 2.00 bits per heavy atom. The van der Waals surface area contributed by atoms with E-state index in [4.69, 9.17) is 4.74 Å². The van der Waals surface area contributed by atoms with Gasteiger partial charge in [-0.1, -0.05) is 19.9 Å². The molecule has 1 unspecified atom stereocenters. The summed E-state index contributed by atoms with van der Waals surface area (Å²) in [6.07, 6.45) is -0.263. The van der Waals surface area contributed by atoms with Crippen molar-refractivity contribution in [2.45, 2.75) is 51.9 Å². The number of nitrogens with one attached hydrogen (secondary N) is 1. The Morgan fingerprint density at radius 1 is 1.33 bits per heavy atom. The van der Waals surface area contributed by atoms with Gasteiger partial charge in [-0.15, -0.1) is 0 Å². The maximum atomic E-state index is 9.89. The molecule has 118 valence electrons. The van der Waals surface area contributed by atoms with Crippen LogP contribution in [0.25, 0.3) is 0 Å². The zero-order valence-electron chi connectivity index (χ0n) is 13.0. The van der Waals surface area contributed by atoms with Gasteiger partial charge in [0.05, 0.1) is 18.8 Å². The zero-order valence-corrected chi connectivity index (χ0v) is 13.0. The average molecular weight is 294 g/mol. The van der Waals surface area contributed by atoms with Crippen LogP contribution < -0.4 is 10.1 Å². The maximum absolute atomic E-state index is 9.89. The fourth-order valence-electron chi connectivity index (χ4n) is 2.80. The van der Waals surface area contributed by atoms with E-state index < -0.39 is 12.2 Å². The number of aliphatic hydroxyl groups excluding tert-OH is 2. The summed E-state index contributed by atoms with van der Waals surface area (Å²) in [6.45, 7) is 7.24. The van der Waals surface area contributed by atoms with Gasteiger partial charge in [-0.25, -0.2) is 4.98 Å². The van der Waals surface area contributed by atoms with Crippen molar-refractivity contribution in [1.29, 1.82) is 0 Å². The predicted molar refractivity (Wildman–Crippen MR) is 81.3 cm³/mol. The minimum atomic E-state index is -0.673. The van der Waals surface area contributed by atoms with Crippen LogP contribution in [0.5, 0.6) is 5.88 Å². The van der Waals surface area contributed by atoms with E-state index in [0.29, 0.717) is 37.9 Å². The van der Waals surface area contributed by atoms with Gasteiger partial charge in [0.2, 0.25) is 5.88 Å². The predicted octanol–water partition coefficient (Wildman–Crippen LogP) is 1.27. The smallest absolute Gasteiger partial charge is 0.213 e. The molecule has 0 radical (unpaired) electrons. The summed E-state index contributed by atoms with van der Waals surface area (Å²) in [5, 5.41) is 23.2. The molecule has 3 atom stereocenters. The van der Waals surface area contributed by atoms with E-state index >= 15 is 0 Å². The SMILES string of the molecule is Cc1cccc(OCC2(CNC(C)C)C[C@@H](O)[C@@H](O)C2)n1. The Labute approximate surface area is 126 Å². The second-order valence-corrected chi connectivity index (χ2v) is 6.48. The van der Waals surface area contributed by atoms with Crippen LogP contribution >= 0.6 is 0 Å². The van der Waals surface area contributed by atoms with Gasteiger partial charge >= 0.3 is 0 Å². The van der Waals surface area contributed by atoms with Crippen LogP contribution in [0.15, 0.2) is 18.2 Å². The molecule has 0 saturated heterocycles. The zero-order chi connectivity index (χ0) is 15.5. The number of hydrogen-bond acceptors (Lipinski definition) is 5. The Balaban J connectivity index is 2.02. The Hall–Kier alpha value is -1.17. The molecule has 1 saturated carbocycles. The Bertz CT molecular complexity index is 455. The molecule has 1 aromatic heterocycles. The van der Waals surface area contributed by atoms with Gasteiger partial charge in [-0.2, -0.15) is 0 Å². The molecule has 1 aliphatic rings. The fraction of sp³-hybridized carbons (Fsp3) is 0.688. The lowest BCUT2D eigenvalue weighted by Gasteiger charge is -2.30. The second kappa shape index (κ2) is 6.73. The van der Waals surface area contributed by atoms with E-state index in [0.717, 1.165) is 5.69 Å². The van der Waals surface area contributed by atoms with E-state index in [9.17, 15) is 10.2 Å². The lowest BCUT2D eigenvalue weighted by Crippen LogP contribution is -2.40. The van der Waals surface area contributed by atoms with Gasteiger partial charge in [-0.05, 0) is 25.8 Å². The number of rotatable bonds is 6. The van der Waals surface area contributed by atoms with Crippen molar-refractivity contribution in [3.05, 3.63) is 23.9 Å². The molecular weight excluding hydrogens is 268 g/mol. The van der Waals surface area contributed by atoms with Gasteiger partial charge in [0.25, 0.3) is 0 Å². The standard InChI is InChI=1S/C16H26N2O3/c1-11(2)17-9-16(7-13(19)14(20)8-16)10-21-15-6-4-5-12(3)18-15/h4-6,11,13-14,17,19-20H,7-10H2,1-3H3/t13-,14+,16?. The highest BCUT2D eigenvalue weighted by atomic mass is 16.5. The van der Waals surface area contributed by atoms with Crippen LogP contribution in [-0.4, -0.2) is 46.6 Å². The summed E-state index contributed by atoms with van der Waals surface area (Å²) in [6, 6.07) is 6.02. The van der Waals surface area contributed by atoms with Crippen molar-refractivity contribution in [1.82, 2.24) is 10.3 Å². The summed E-state index contributed by atoms with van der Waals surface area (Å²) in [5.74, 6) is 0.592. The van der Waals surface area contributed by atoms with Crippen LogP contribution in [0.4, 0.5) is 0 Å². The largest absolute Gasteiger partial charge is 0.477 e. The highest BCUT2D eigenvalue weighted by molar-refractivity contribution is 5.15. The van der Waals surface area contributed by atoms with Gasteiger partial charge in [-0.3, -0.25) is 0 Å². The molecule has 0 spiro atoms. The average Bonchev–Trinajstić information content (AvgIpc) is 2.71. The molecule has 21 heavy (non-hydrogen) atoms. The van der Waals surface area contributed by atoms with Crippen molar-refractivity contribution >= 4 is 0 Å². The van der Waals surface area contributed by atoms with Crippen molar-refractivity contribution in [2.75, 3.05) is 13.2 Å². The quantitative estimate of drug-likeness (QED) is 0.737. The summed E-state index contributed by atoms with van der Waals surface area (Å²) >= 11 is 0. The molecule has 0 bridgehead atoms. The molecule has 5 heteroatoms. The molecule has 0 aliphatic heterocycles. The lowest BCUT2D eigenvalue weighted by molar-refractivity contribution is 0.0438. The third-order valence-electron chi connectivity index (χ3n) is 4.00. The normalized spacial score (nSPS) is 29.0. The maximum Gasteiger partial charge on any atom is 0.213 e. The highest BCUT2D eigenvalue weighted by Gasteiger charge is 2.44. The first kappa shape index (κ1) is 16.2. The molecule has 1 heterocycles. The number of ether oxygens (including phenoxy) is 1. The van der Waals surface area contributed by atoms with Gasteiger partial charge in [0, 0.05) is 29.8 Å². The molecule has 3 N–H and O–H groups in total. The van der Waals surface area contributed by atoms with Crippen molar-refractivity contribution in [2.24, 2.45) is 5.41 Å². The Kier molecular flexibility index (Phi) is 5.19. The second-order valence-electron chi connectivity index (χ2n) is 6.48. The number of aromatic nitrogens is 1. The molecule has 2 rings (SSSR count). The molecule has 1 aliphatic carbocycles. The van der Waals surface area contributed by atoms with Crippen LogP contribution in [-0.2, 0) is 0 Å². The van der Waals surface area contributed by atoms with Crippen LogP contribution in [0, 0.1) is 12.3 Å². The third kappa shape index (κ3) is 4.40. The Morgan fingerprint density at radius 3 is 2.57 bits per heavy atom. The first-order valence-electron chi connectivity index (χ1n) is 7.56. The van der Waals surface area contributed by atoms with E-state index in [1.165, 1.54) is 0 Å². The van der Waals surface area contributed by atoms with Gasteiger partial charge in [0.1, 0.15) is 0 Å². The van der Waals surface area contributed by atoms with Gasteiger partial charge < -0.3 is 20.3 Å². The first-order valence-corrected chi connectivity index (χ1v) is 7.56. The molecule has 1 fully saturated rings. The lowest BCUT2D eigenvalue weighted by atomic mass is 9.86. The van der Waals surface area contributed by atoms with E-state index in [-0.39, 0.29) is 5.41 Å². The monoisotopic (exact) mass is 294 g/mol. The van der Waals surface area contributed by atoms with Crippen LogP contribution in [0.1, 0.15) is 32.4 Å². The highest BCUT2D eigenvalue weighted by Crippen LogP contribution is 2.38. The van der Waals surface area contributed by atoms with Crippen molar-refractivity contribution in [3.63, 3.8) is 0 Å². The molecule has 0 amide bonds. The van der Waals surface area contributed by atoms with Crippen molar-refractivity contribution < 1.29 is 14.9 Å². The minimum absolute atomic E-state index is 0.255. The molecular formula is C16H26N2O3. The number of hydrogen-bond donors (Lipinski definition) is 3. The number of aryl methyl sites for hydroxylation is 1. The van der Waals surface area contributed by atoms with Crippen molar-refractivity contribution in [3.8, 4) is 5.88 Å². The fourth-order valence-corrected chi connectivity index (χ4v) is 2.80. The van der Waals surface area contributed by atoms with Crippen LogP contribution in [0.3, 0.4) is 0 Å². The summed E-state index contributed by atoms with van der Waals surface area (Å²) in [7, 11) is 0. The summed E-state index contributed by atoms with van der Waals surface area (Å²) in [4.78, 5) is 4.33. The van der Waals surface area contributed by atoms with E-state index in [2.05, 4.69) is 24.1 Å². The minimum Gasteiger partial charge on any atom is -0.477 e.